The first-order valence-electron chi connectivity index (χ1n) is 9.92. The topological polar surface area (TPSA) is 78.9 Å². The Bertz CT molecular complexity index is 1210. The van der Waals surface area contributed by atoms with Gasteiger partial charge in [0, 0.05) is 5.56 Å². The average molecular weight is 453 g/mol. The molecular weight excluding hydrogens is 428 g/mol. The van der Waals surface area contributed by atoms with Gasteiger partial charge in [-0.3, -0.25) is 4.79 Å². The smallest absolute Gasteiger partial charge is 0.210 e. The highest BCUT2D eigenvalue weighted by molar-refractivity contribution is 7.96. The normalized spacial score (nSPS) is 11.7. The summed E-state index contributed by atoms with van der Waals surface area (Å²) in [5.41, 5.74) is 0.760. The van der Waals surface area contributed by atoms with Crippen LogP contribution in [0.25, 0.3) is 6.08 Å². The SMILES string of the molecule is CCOc1ccc(/C=C(\C(=O)c2ccccc2)S(=O)(=O)c2ccc(OC)cc2)cc1OC. The van der Waals surface area contributed by atoms with E-state index in [4.69, 9.17) is 14.2 Å². The van der Waals surface area contributed by atoms with Crippen LogP contribution in [0.4, 0.5) is 0 Å². The van der Waals surface area contributed by atoms with Crippen molar-refractivity contribution in [2.75, 3.05) is 20.8 Å². The molecule has 0 saturated heterocycles. The van der Waals surface area contributed by atoms with Crippen LogP contribution in [0, 0.1) is 0 Å². The number of carbonyl (C=O) groups is 1. The largest absolute Gasteiger partial charge is 0.497 e. The monoisotopic (exact) mass is 452 g/mol. The molecule has 0 N–H and O–H groups in total. The molecule has 0 heterocycles. The minimum Gasteiger partial charge on any atom is -0.497 e. The van der Waals surface area contributed by atoms with Crippen LogP contribution in [0.3, 0.4) is 0 Å². The standard InChI is InChI=1S/C25H24O6S/c1-4-31-22-15-10-18(16-23(22)30-3)17-24(25(26)19-8-6-5-7-9-19)32(27,28)21-13-11-20(29-2)12-14-21/h5-17H,4H2,1-3H3/b24-17+. The van der Waals surface area contributed by atoms with Crippen LogP contribution in [0.5, 0.6) is 17.2 Å². The number of carbonyl (C=O) groups excluding carboxylic acids is 1. The van der Waals surface area contributed by atoms with Crippen molar-refractivity contribution in [3.63, 3.8) is 0 Å². The molecule has 3 rings (SSSR count). The molecule has 0 aliphatic heterocycles. The lowest BCUT2D eigenvalue weighted by atomic mass is 10.1. The Morgan fingerprint density at radius 3 is 2.16 bits per heavy atom. The molecule has 3 aromatic carbocycles. The minimum absolute atomic E-state index is 0.00766. The summed E-state index contributed by atoms with van der Waals surface area (Å²) >= 11 is 0. The molecule has 0 unspecified atom stereocenters. The van der Waals surface area contributed by atoms with E-state index in [-0.39, 0.29) is 15.4 Å². The summed E-state index contributed by atoms with van der Waals surface area (Å²) in [6.45, 7) is 2.31. The van der Waals surface area contributed by atoms with E-state index >= 15 is 0 Å². The van der Waals surface area contributed by atoms with Crippen LogP contribution in [-0.2, 0) is 9.84 Å². The number of sulfone groups is 1. The van der Waals surface area contributed by atoms with Crippen LogP contribution < -0.4 is 14.2 Å². The second-order valence-corrected chi connectivity index (χ2v) is 8.64. The Morgan fingerprint density at radius 1 is 0.875 bits per heavy atom. The first-order valence-corrected chi connectivity index (χ1v) is 11.4. The van der Waals surface area contributed by atoms with Crippen LogP contribution in [0.2, 0.25) is 0 Å². The van der Waals surface area contributed by atoms with E-state index in [1.165, 1.54) is 44.6 Å². The Hall–Kier alpha value is -3.58. The zero-order valence-corrected chi connectivity index (χ0v) is 18.9. The third-order valence-electron chi connectivity index (χ3n) is 4.70. The van der Waals surface area contributed by atoms with Gasteiger partial charge in [0.2, 0.25) is 15.6 Å². The first-order chi connectivity index (χ1) is 15.4. The highest BCUT2D eigenvalue weighted by Gasteiger charge is 2.28. The van der Waals surface area contributed by atoms with Gasteiger partial charge in [-0.25, -0.2) is 8.42 Å². The average Bonchev–Trinajstić information content (AvgIpc) is 2.83. The third-order valence-corrected chi connectivity index (χ3v) is 6.48. The molecule has 0 spiro atoms. The van der Waals surface area contributed by atoms with Crippen LogP contribution in [0.15, 0.2) is 82.6 Å². The van der Waals surface area contributed by atoms with Gasteiger partial charge in [-0.2, -0.15) is 0 Å². The summed E-state index contributed by atoms with van der Waals surface area (Å²) in [5, 5.41) is 0. The van der Waals surface area contributed by atoms with E-state index in [0.717, 1.165) is 0 Å². The second-order valence-electron chi connectivity index (χ2n) is 6.73. The highest BCUT2D eigenvalue weighted by atomic mass is 32.2. The van der Waals surface area contributed by atoms with Crippen LogP contribution >= 0.6 is 0 Å². The molecule has 0 saturated carbocycles. The number of hydrogen-bond acceptors (Lipinski definition) is 6. The zero-order valence-electron chi connectivity index (χ0n) is 18.1. The fourth-order valence-corrected chi connectivity index (χ4v) is 4.48. The molecule has 0 radical (unpaired) electrons. The maximum Gasteiger partial charge on any atom is 0.210 e. The summed E-state index contributed by atoms with van der Waals surface area (Å²) in [7, 11) is -1.14. The molecule has 6 nitrogen and oxygen atoms in total. The number of methoxy groups -OCH3 is 2. The maximum atomic E-state index is 13.5. The Morgan fingerprint density at radius 2 is 1.56 bits per heavy atom. The van der Waals surface area contributed by atoms with Gasteiger partial charge in [-0.05, 0) is 55.0 Å². The van der Waals surface area contributed by atoms with Gasteiger partial charge in [0.15, 0.2) is 11.5 Å². The molecule has 3 aromatic rings. The second kappa shape index (κ2) is 10.2. The number of ketones is 1. The van der Waals surface area contributed by atoms with Gasteiger partial charge < -0.3 is 14.2 Å². The summed E-state index contributed by atoms with van der Waals surface area (Å²) in [5.74, 6) is 0.879. The molecule has 0 bridgehead atoms. The van der Waals surface area contributed by atoms with E-state index in [2.05, 4.69) is 0 Å². The van der Waals surface area contributed by atoms with Crippen LogP contribution in [-0.4, -0.2) is 35.0 Å². The van der Waals surface area contributed by atoms with Gasteiger partial charge in [-0.15, -0.1) is 0 Å². The van der Waals surface area contributed by atoms with Gasteiger partial charge in [-0.1, -0.05) is 36.4 Å². The summed E-state index contributed by atoms with van der Waals surface area (Å²) in [6.07, 6.45) is 1.35. The zero-order chi connectivity index (χ0) is 23.1. The van der Waals surface area contributed by atoms with Gasteiger partial charge in [0.1, 0.15) is 10.7 Å². The molecule has 0 aliphatic carbocycles. The number of rotatable bonds is 9. The van der Waals surface area contributed by atoms with E-state index in [1.807, 2.05) is 6.92 Å². The highest BCUT2D eigenvalue weighted by Crippen LogP contribution is 2.31. The molecule has 7 heteroatoms. The van der Waals surface area contributed by atoms with Gasteiger partial charge >= 0.3 is 0 Å². The Balaban J connectivity index is 2.15. The number of ether oxygens (including phenoxy) is 3. The Kier molecular flexibility index (Phi) is 7.33. The molecule has 0 fully saturated rings. The molecule has 32 heavy (non-hydrogen) atoms. The molecule has 0 amide bonds. The van der Waals surface area contributed by atoms with E-state index in [0.29, 0.717) is 29.4 Å². The van der Waals surface area contributed by atoms with E-state index in [9.17, 15) is 13.2 Å². The van der Waals surface area contributed by atoms with Crippen molar-refractivity contribution in [2.24, 2.45) is 0 Å². The number of allylic oxidation sites excluding steroid dienone is 1. The predicted molar refractivity (Wildman–Crippen MR) is 123 cm³/mol. The summed E-state index contributed by atoms with van der Waals surface area (Å²) in [4.78, 5) is 12.9. The van der Waals surface area contributed by atoms with Crippen molar-refractivity contribution in [1.82, 2.24) is 0 Å². The predicted octanol–water partition coefficient (Wildman–Crippen LogP) is 4.80. The lowest BCUT2D eigenvalue weighted by Gasteiger charge is -2.12. The van der Waals surface area contributed by atoms with E-state index < -0.39 is 15.6 Å². The summed E-state index contributed by atoms with van der Waals surface area (Å²) < 4.78 is 43.0. The van der Waals surface area contributed by atoms with Gasteiger partial charge in [0.05, 0.1) is 25.7 Å². The van der Waals surface area contributed by atoms with Crippen molar-refractivity contribution >= 4 is 21.7 Å². The molecule has 0 aromatic heterocycles. The maximum absolute atomic E-state index is 13.5. The molecule has 166 valence electrons. The lowest BCUT2D eigenvalue weighted by molar-refractivity contribution is 0.104. The van der Waals surface area contributed by atoms with Gasteiger partial charge in [0.25, 0.3) is 0 Å². The number of Topliss-reactive ketones (excluding diaryl/α,β-unsaturated/α-hetero) is 1. The first kappa shape index (κ1) is 23.1. The van der Waals surface area contributed by atoms with Crippen LogP contribution in [0.1, 0.15) is 22.8 Å². The summed E-state index contributed by atoms with van der Waals surface area (Å²) in [6, 6.07) is 19.2. The number of hydrogen-bond donors (Lipinski definition) is 0. The fraction of sp³-hybridized carbons (Fsp3) is 0.160. The van der Waals surface area contributed by atoms with Crippen molar-refractivity contribution in [2.45, 2.75) is 11.8 Å². The molecule has 0 aliphatic rings. The molecular formula is C25H24O6S. The Labute approximate surface area is 188 Å². The van der Waals surface area contributed by atoms with Crippen molar-refractivity contribution in [3.8, 4) is 17.2 Å². The minimum atomic E-state index is -4.13. The molecule has 0 atom stereocenters. The van der Waals surface area contributed by atoms with Crippen molar-refractivity contribution in [3.05, 3.63) is 88.8 Å². The lowest BCUT2D eigenvalue weighted by Crippen LogP contribution is -2.14. The number of benzene rings is 3. The fourth-order valence-electron chi connectivity index (χ4n) is 3.08. The van der Waals surface area contributed by atoms with Crippen molar-refractivity contribution < 1.29 is 27.4 Å². The third kappa shape index (κ3) is 5.00. The quantitative estimate of drug-likeness (QED) is 0.343. The van der Waals surface area contributed by atoms with E-state index in [1.54, 1.807) is 48.5 Å². The van der Waals surface area contributed by atoms with Crippen molar-refractivity contribution in [1.29, 1.82) is 0 Å².